The number of hydrogen-bond acceptors (Lipinski definition) is 9. The molecule has 0 saturated carbocycles. The molecule has 0 N–H and O–H groups in total. The van der Waals surface area contributed by atoms with E-state index in [9.17, 15) is 9.59 Å². The number of pyridine rings is 2. The van der Waals surface area contributed by atoms with Crippen LogP contribution < -0.4 is 4.74 Å². The fourth-order valence-corrected chi connectivity index (χ4v) is 5.51. The van der Waals surface area contributed by atoms with Crippen LogP contribution in [0.2, 0.25) is 0 Å². The first-order chi connectivity index (χ1) is 21.4. The SMILES string of the molecule is C=Cc1cn(C)nc1CCN(C(=O)OC(C)(C)C)[C@H](C)c1cnc(OC)cc1-c1cc2c(Br)nn(C(=O)OC(C)(C)C)c2c(C)n1. The number of aryl methyl sites for hydroxylation is 2. The highest BCUT2D eigenvalue weighted by Gasteiger charge is 2.30. The van der Waals surface area contributed by atoms with Crippen molar-refractivity contribution in [2.75, 3.05) is 13.7 Å². The first-order valence-corrected chi connectivity index (χ1v) is 15.7. The van der Waals surface area contributed by atoms with Crippen LogP contribution >= 0.6 is 15.9 Å². The smallest absolute Gasteiger partial charge is 0.435 e. The Labute approximate surface area is 277 Å². The standard InChI is InChI=1S/C33H42BrN7O5/c1-12-21-18-39(10)37-25(21)13-14-40(30(42)45-32(4,5)6)20(3)24-17-35-27(44-11)16-22(24)26-15-23-28(19(2)36-26)41(38-29(23)34)31(43)46-33(7,8)9/h12,15-18,20H,1,13-14H2,2-11H3/t20-/m1/s1. The molecule has 0 saturated heterocycles. The zero-order valence-corrected chi connectivity index (χ0v) is 29.7. The van der Waals surface area contributed by atoms with Gasteiger partial charge in [0.2, 0.25) is 5.88 Å². The molecule has 4 aromatic heterocycles. The van der Waals surface area contributed by atoms with Crippen molar-refractivity contribution in [3.8, 4) is 17.1 Å². The molecule has 0 aromatic carbocycles. The van der Waals surface area contributed by atoms with Gasteiger partial charge in [0.25, 0.3) is 0 Å². The van der Waals surface area contributed by atoms with E-state index in [0.717, 1.165) is 16.8 Å². The first kappa shape index (κ1) is 34.6. The average molecular weight is 697 g/mol. The largest absolute Gasteiger partial charge is 0.481 e. The molecule has 246 valence electrons. The Morgan fingerprint density at radius 3 is 2.39 bits per heavy atom. The number of amides is 1. The Kier molecular flexibility index (Phi) is 9.95. The predicted molar refractivity (Wildman–Crippen MR) is 180 cm³/mol. The van der Waals surface area contributed by atoms with E-state index in [0.29, 0.717) is 51.3 Å². The summed E-state index contributed by atoms with van der Waals surface area (Å²) >= 11 is 3.52. The van der Waals surface area contributed by atoms with Crippen molar-refractivity contribution in [2.45, 2.75) is 79.1 Å². The van der Waals surface area contributed by atoms with E-state index in [1.54, 1.807) is 55.6 Å². The van der Waals surface area contributed by atoms with Crippen molar-refractivity contribution >= 4 is 45.1 Å². The number of halogens is 1. The summed E-state index contributed by atoms with van der Waals surface area (Å²) in [5.74, 6) is 0.377. The lowest BCUT2D eigenvalue weighted by molar-refractivity contribution is 0.0175. The van der Waals surface area contributed by atoms with Gasteiger partial charge in [0.05, 0.1) is 30.2 Å². The third-order valence-corrected chi connectivity index (χ3v) is 7.63. The third-order valence-electron chi connectivity index (χ3n) is 7.04. The van der Waals surface area contributed by atoms with Gasteiger partial charge in [-0.15, -0.1) is 0 Å². The summed E-state index contributed by atoms with van der Waals surface area (Å²) < 4.78 is 20.3. The van der Waals surface area contributed by atoms with Crippen molar-refractivity contribution < 1.29 is 23.8 Å². The molecule has 4 heterocycles. The Hall–Kier alpha value is -4.26. The molecule has 1 atom stereocenters. The quantitative estimate of drug-likeness (QED) is 0.187. The van der Waals surface area contributed by atoms with Gasteiger partial charge in [-0.1, -0.05) is 12.7 Å². The molecule has 12 nitrogen and oxygen atoms in total. The number of methoxy groups -OCH3 is 1. The molecule has 0 aliphatic rings. The van der Waals surface area contributed by atoms with Crippen LogP contribution in [0.15, 0.2) is 35.7 Å². The Balaban J connectivity index is 1.82. The maximum Gasteiger partial charge on any atom is 0.435 e. The van der Waals surface area contributed by atoms with Crippen LogP contribution in [0.3, 0.4) is 0 Å². The molecule has 4 aromatic rings. The van der Waals surface area contributed by atoms with Crippen LogP contribution in [-0.2, 0) is 22.9 Å². The Morgan fingerprint density at radius 1 is 1.11 bits per heavy atom. The lowest BCUT2D eigenvalue weighted by Gasteiger charge is -2.32. The van der Waals surface area contributed by atoms with Gasteiger partial charge in [-0.3, -0.25) is 9.67 Å². The Morgan fingerprint density at radius 2 is 1.78 bits per heavy atom. The fourth-order valence-electron chi connectivity index (χ4n) is 5.05. The van der Waals surface area contributed by atoms with E-state index < -0.39 is 29.4 Å². The minimum atomic E-state index is -0.711. The van der Waals surface area contributed by atoms with Crippen LogP contribution in [0.4, 0.5) is 9.59 Å². The molecule has 0 unspecified atom stereocenters. The fraction of sp³-hybridized carbons (Fsp3) is 0.455. The van der Waals surface area contributed by atoms with Crippen molar-refractivity contribution in [2.24, 2.45) is 7.05 Å². The molecule has 13 heteroatoms. The second-order valence-electron chi connectivity index (χ2n) is 13.0. The lowest BCUT2D eigenvalue weighted by Crippen LogP contribution is -2.40. The van der Waals surface area contributed by atoms with Crippen LogP contribution in [0.1, 0.15) is 77.0 Å². The van der Waals surface area contributed by atoms with Gasteiger partial charge in [0, 0.05) is 60.5 Å². The van der Waals surface area contributed by atoms with Crippen molar-refractivity contribution in [3.05, 3.63) is 58.2 Å². The first-order valence-electron chi connectivity index (χ1n) is 14.9. The van der Waals surface area contributed by atoms with Crippen LogP contribution in [0.5, 0.6) is 5.88 Å². The number of carbonyl (C=O) groups excluding carboxylic acids is 2. The zero-order chi connectivity index (χ0) is 34.1. The topological polar surface area (TPSA) is 126 Å². The summed E-state index contributed by atoms with van der Waals surface area (Å²) in [6.45, 7) is 18.8. The molecule has 0 radical (unpaired) electrons. The van der Waals surface area contributed by atoms with Gasteiger partial charge >= 0.3 is 12.2 Å². The molecule has 0 aliphatic carbocycles. The van der Waals surface area contributed by atoms with Gasteiger partial charge in [0.15, 0.2) is 0 Å². The van der Waals surface area contributed by atoms with E-state index in [2.05, 4.69) is 37.7 Å². The van der Waals surface area contributed by atoms with Crippen LogP contribution in [0.25, 0.3) is 28.2 Å². The van der Waals surface area contributed by atoms with E-state index in [1.165, 1.54) is 11.8 Å². The summed E-state index contributed by atoms with van der Waals surface area (Å²) in [7, 11) is 3.39. The van der Waals surface area contributed by atoms with E-state index >= 15 is 0 Å². The number of ether oxygens (including phenoxy) is 3. The normalized spacial score (nSPS) is 12.6. The van der Waals surface area contributed by atoms with Crippen LogP contribution in [-0.4, -0.2) is 71.5 Å². The highest BCUT2D eigenvalue weighted by atomic mass is 79.9. The van der Waals surface area contributed by atoms with E-state index in [4.69, 9.17) is 19.2 Å². The summed E-state index contributed by atoms with van der Waals surface area (Å²) in [5.41, 5.74) is 3.38. The molecular formula is C33H42BrN7O5. The van der Waals surface area contributed by atoms with E-state index in [-0.39, 0.29) is 0 Å². The molecule has 1 amide bonds. The molecule has 4 rings (SSSR count). The summed E-state index contributed by atoms with van der Waals surface area (Å²) in [5, 5.41) is 9.65. The minimum absolute atomic E-state index is 0.319. The zero-order valence-electron chi connectivity index (χ0n) is 28.1. The van der Waals surface area contributed by atoms with Gasteiger partial charge in [-0.05, 0) is 77.4 Å². The van der Waals surface area contributed by atoms with Gasteiger partial charge in [-0.2, -0.15) is 14.9 Å². The monoisotopic (exact) mass is 695 g/mol. The van der Waals surface area contributed by atoms with Crippen molar-refractivity contribution in [1.29, 1.82) is 0 Å². The maximum atomic E-state index is 13.7. The van der Waals surface area contributed by atoms with Gasteiger partial charge < -0.3 is 19.1 Å². The van der Waals surface area contributed by atoms with E-state index in [1.807, 2.05) is 47.0 Å². The molecule has 0 aliphatic heterocycles. The Bertz CT molecular complexity index is 1780. The van der Waals surface area contributed by atoms with Gasteiger partial charge in [-0.25, -0.2) is 14.6 Å². The van der Waals surface area contributed by atoms with Gasteiger partial charge in [0.1, 0.15) is 21.3 Å². The molecule has 0 spiro atoms. The number of nitrogens with zero attached hydrogens (tertiary/aromatic N) is 7. The maximum absolute atomic E-state index is 13.7. The summed E-state index contributed by atoms with van der Waals surface area (Å²) in [4.78, 5) is 37.8. The molecule has 0 bridgehead atoms. The number of carbonyl (C=O) groups is 2. The molecule has 0 fully saturated rings. The number of rotatable bonds is 8. The summed E-state index contributed by atoms with van der Waals surface area (Å²) in [6, 6.07) is 3.13. The van der Waals surface area contributed by atoms with Crippen molar-refractivity contribution in [3.63, 3.8) is 0 Å². The second kappa shape index (κ2) is 13.2. The van der Waals surface area contributed by atoms with Crippen LogP contribution in [0, 0.1) is 6.92 Å². The summed E-state index contributed by atoms with van der Waals surface area (Å²) in [6.07, 6.45) is 4.72. The third kappa shape index (κ3) is 7.75. The predicted octanol–water partition coefficient (Wildman–Crippen LogP) is 7.27. The minimum Gasteiger partial charge on any atom is -0.481 e. The average Bonchev–Trinajstić information content (AvgIpc) is 3.49. The lowest BCUT2D eigenvalue weighted by atomic mass is 9.98. The number of fused-ring (bicyclic) bond motifs is 1. The number of aromatic nitrogens is 6. The van der Waals surface area contributed by atoms with Crippen molar-refractivity contribution in [1.82, 2.24) is 34.4 Å². The second-order valence-corrected chi connectivity index (χ2v) is 13.7. The number of hydrogen-bond donors (Lipinski definition) is 0. The highest BCUT2D eigenvalue weighted by molar-refractivity contribution is 9.10. The molecule has 46 heavy (non-hydrogen) atoms. The highest BCUT2D eigenvalue weighted by Crippen LogP contribution is 2.36. The molecular weight excluding hydrogens is 654 g/mol.